The third kappa shape index (κ3) is 1.63. The van der Waals surface area contributed by atoms with Gasteiger partial charge in [-0.2, -0.15) is 4.98 Å². The van der Waals surface area contributed by atoms with E-state index in [-0.39, 0.29) is 22.5 Å². The molecule has 110 valence electrons. The van der Waals surface area contributed by atoms with Gasteiger partial charge in [-0.15, -0.1) is 0 Å². The lowest BCUT2D eigenvalue weighted by Crippen LogP contribution is -2.23. The third-order valence-electron chi connectivity index (χ3n) is 3.78. The van der Waals surface area contributed by atoms with Gasteiger partial charge in [-0.3, -0.25) is 9.36 Å². The van der Waals surface area contributed by atoms with E-state index in [2.05, 4.69) is 9.97 Å². The number of para-hydroxylation sites is 1. The molecule has 1 unspecified atom stereocenters. The predicted octanol–water partition coefficient (Wildman–Crippen LogP) is 0.961. The first-order valence-electron chi connectivity index (χ1n) is 6.67. The highest BCUT2D eigenvalue weighted by molar-refractivity contribution is 5.83. The molecule has 1 atom stereocenters. The fraction of sp³-hybridized carbons (Fsp3) is 0.133. The van der Waals surface area contributed by atoms with E-state index in [1.807, 2.05) is 18.2 Å². The Morgan fingerprint density at radius 3 is 2.91 bits per heavy atom. The average molecular weight is 296 g/mol. The number of nitrogen functional groups attached to an aromatic ring is 1. The molecule has 7 nitrogen and oxygen atoms in total. The van der Waals surface area contributed by atoms with Crippen molar-refractivity contribution in [3.63, 3.8) is 0 Å². The highest BCUT2D eigenvalue weighted by Gasteiger charge is 2.27. The van der Waals surface area contributed by atoms with Crippen LogP contribution in [0, 0.1) is 0 Å². The summed E-state index contributed by atoms with van der Waals surface area (Å²) in [5.41, 5.74) is 7.38. The third-order valence-corrected chi connectivity index (χ3v) is 3.78. The Kier molecular flexibility index (Phi) is 2.49. The van der Waals surface area contributed by atoms with E-state index < -0.39 is 6.29 Å². The van der Waals surface area contributed by atoms with E-state index in [4.69, 9.17) is 10.5 Å². The minimum absolute atomic E-state index is 0.0887. The summed E-state index contributed by atoms with van der Waals surface area (Å²) in [4.78, 5) is 20.8. The zero-order chi connectivity index (χ0) is 15.4. The first kappa shape index (κ1) is 12.8. The van der Waals surface area contributed by atoms with Crippen LogP contribution in [-0.2, 0) is 7.05 Å². The van der Waals surface area contributed by atoms with Crippen LogP contribution < -0.4 is 16.0 Å². The number of pyridine rings is 1. The molecule has 0 aliphatic carbocycles. The minimum atomic E-state index is -1.18. The number of aliphatic hydroxyl groups excluding tert-OH is 1. The van der Waals surface area contributed by atoms with Crippen molar-refractivity contribution in [1.29, 1.82) is 0 Å². The number of hydrogen-bond acceptors (Lipinski definition) is 6. The molecule has 7 heteroatoms. The maximum Gasteiger partial charge on any atom is 0.264 e. The van der Waals surface area contributed by atoms with Crippen molar-refractivity contribution in [3.8, 4) is 17.0 Å². The summed E-state index contributed by atoms with van der Waals surface area (Å²) in [5, 5.41) is 10.5. The van der Waals surface area contributed by atoms with Crippen molar-refractivity contribution in [1.82, 2.24) is 14.5 Å². The number of fused-ring (bicyclic) bond motifs is 4. The number of hydrogen-bond donors (Lipinski definition) is 2. The van der Waals surface area contributed by atoms with Crippen molar-refractivity contribution in [2.75, 3.05) is 5.73 Å². The second-order valence-electron chi connectivity index (χ2n) is 5.10. The molecular formula is C15H12N4O3. The molecule has 3 heterocycles. The highest BCUT2D eigenvalue weighted by atomic mass is 16.6. The Balaban J connectivity index is 2.12. The molecule has 0 radical (unpaired) electrons. The Morgan fingerprint density at radius 1 is 1.32 bits per heavy atom. The molecule has 1 aliphatic rings. The molecule has 3 aromatic rings. The van der Waals surface area contributed by atoms with Crippen LogP contribution in [0.15, 0.2) is 35.1 Å². The van der Waals surface area contributed by atoms with Crippen LogP contribution in [0.1, 0.15) is 11.9 Å². The van der Waals surface area contributed by atoms with Crippen molar-refractivity contribution >= 4 is 17.0 Å². The molecule has 0 spiro atoms. The largest absolute Gasteiger partial charge is 0.460 e. The van der Waals surface area contributed by atoms with E-state index in [1.54, 1.807) is 12.1 Å². The van der Waals surface area contributed by atoms with Crippen LogP contribution in [0.5, 0.6) is 5.75 Å². The van der Waals surface area contributed by atoms with Gasteiger partial charge in [0.1, 0.15) is 5.75 Å². The van der Waals surface area contributed by atoms with Crippen LogP contribution in [0.2, 0.25) is 0 Å². The van der Waals surface area contributed by atoms with Gasteiger partial charge in [0.15, 0.2) is 5.65 Å². The van der Waals surface area contributed by atoms with E-state index in [9.17, 15) is 9.90 Å². The molecule has 2 aromatic heterocycles. The van der Waals surface area contributed by atoms with Gasteiger partial charge in [0.2, 0.25) is 12.2 Å². The molecule has 1 aliphatic heterocycles. The normalized spacial score (nSPS) is 16.0. The average Bonchev–Trinajstić information content (AvgIpc) is 2.52. The topological polar surface area (TPSA) is 103 Å². The van der Waals surface area contributed by atoms with Crippen molar-refractivity contribution in [2.24, 2.45) is 7.05 Å². The zero-order valence-corrected chi connectivity index (χ0v) is 11.6. The SMILES string of the molecule is Cn1c(N)nc2nc3c(cc2c1=O)C(O)Oc1ccccc1-3. The van der Waals surface area contributed by atoms with Crippen LogP contribution in [0.25, 0.3) is 22.3 Å². The number of nitrogens with two attached hydrogens (primary N) is 1. The number of ether oxygens (including phenoxy) is 1. The number of aromatic nitrogens is 3. The smallest absolute Gasteiger partial charge is 0.264 e. The van der Waals surface area contributed by atoms with E-state index in [1.165, 1.54) is 11.6 Å². The molecule has 0 fully saturated rings. The van der Waals surface area contributed by atoms with E-state index >= 15 is 0 Å². The summed E-state index contributed by atoms with van der Waals surface area (Å²) in [6, 6.07) is 8.81. The van der Waals surface area contributed by atoms with Gasteiger partial charge in [0.05, 0.1) is 11.1 Å². The number of benzene rings is 1. The molecule has 22 heavy (non-hydrogen) atoms. The summed E-state index contributed by atoms with van der Waals surface area (Å²) in [6.07, 6.45) is -1.18. The molecule has 0 amide bonds. The number of rotatable bonds is 0. The minimum Gasteiger partial charge on any atom is -0.460 e. The maximum absolute atomic E-state index is 12.3. The Bertz CT molecular complexity index is 980. The fourth-order valence-corrected chi connectivity index (χ4v) is 2.58. The molecule has 3 N–H and O–H groups in total. The second kappa shape index (κ2) is 4.28. The Morgan fingerprint density at radius 2 is 2.09 bits per heavy atom. The zero-order valence-electron chi connectivity index (χ0n) is 11.6. The summed E-state index contributed by atoms with van der Waals surface area (Å²) in [5.74, 6) is 0.622. The van der Waals surface area contributed by atoms with Crippen LogP contribution in [0.3, 0.4) is 0 Å². The molecule has 0 saturated carbocycles. The lowest BCUT2D eigenvalue weighted by atomic mass is 10.0. The lowest BCUT2D eigenvalue weighted by molar-refractivity contribution is -0.0215. The van der Waals surface area contributed by atoms with Gasteiger partial charge in [-0.05, 0) is 18.2 Å². The molecule has 1 aromatic carbocycles. The van der Waals surface area contributed by atoms with Crippen molar-refractivity contribution in [3.05, 3.63) is 46.2 Å². The van der Waals surface area contributed by atoms with Crippen molar-refractivity contribution < 1.29 is 9.84 Å². The number of anilines is 1. The van der Waals surface area contributed by atoms with Crippen LogP contribution >= 0.6 is 0 Å². The first-order chi connectivity index (χ1) is 10.6. The lowest BCUT2D eigenvalue weighted by Gasteiger charge is -2.24. The number of nitrogens with zero attached hydrogens (tertiary/aromatic N) is 3. The predicted molar refractivity (Wildman–Crippen MR) is 80.2 cm³/mol. The van der Waals surface area contributed by atoms with Crippen LogP contribution in [0.4, 0.5) is 5.95 Å². The quantitative estimate of drug-likeness (QED) is 0.640. The molecule has 4 rings (SSSR count). The van der Waals surface area contributed by atoms with Gasteiger partial charge in [-0.25, -0.2) is 4.98 Å². The van der Waals surface area contributed by atoms with Crippen LogP contribution in [-0.4, -0.2) is 19.6 Å². The van der Waals surface area contributed by atoms with E-state index in [0.717, 1.165) is 5.56 Å². The monoisotopic (exact) mass is 296 g/mol. The summed E-state index contributed by atoms with van der Waals surface area (Å²) < 4.78 is 6.70. The number of aliphatic hydroxyl groups is 1. The van der Waals surface area contributed by atoms with Crippen molar-refractivity contribution in [2.45, 2.75) is 6.29 Å². The Hall–Kier alpha value is -2.93. The summed E-state index contributed by atoms with van der Waals surface area (Å²) in [7, 11) is 1.53. The summed E-state index contributed by atoms with van der Waals surface area (Å²) in [6.45, 7) is 0. The summed E-state index contributed by atoms with van der Waals surface area (Å²) >= 11 is 0. The Labute approximate surface area is 124 Å². The molecule has 0 bridgehead atoms. The first-order valence-corrected chi connectivity index (χ1v) is 6.67. The maximum atomic E-state index is 12.3. The fourth-order valence-electron chi connectivity index (χ4n) is 2.58. The van der Waals surface area contributed by atoms with Gasteiger partial charge in [0, 0.05) is 18.2 Å². The van der Waals surface area contributed by atoms with Gasteiger partial charge in [-0.1, -0.05) is 12.1 Å². The van der Waals surface area contributed by atoms with E-state index in [0.29, 0.717) is 17.0 Å². The van der Waals surface area contributed by atoms with Gasteiger partial charge >= 0.3 is 0 Å². The van der Waals surface area contributed by atoms with Gasteiger partial charge < -0.3 is 15.6 Å². The highest BCUT2D eigenvalue weighted by Crippen LogP contribution is 2.40. The van der Waals surface area contributed by atoms with Gasteiger partial charge in [0.25, 0.3) is 5.56 Å². The second-order valence-corrected chi connectivity index (χ2v) is 5.10. The molecular weight excluding hydrogens is 284 g/mol. The standard InChI is InChI=1S/C15H12N4O3/c1-19-13(20)9-6-8-11(17-12(9)18-15(19)16)7-4-2-3-5-10(7)22-14(8)21/h2-6,14,21H,1H3,(H2,16,17,18). The molecule has 0 saturated heterocycles.